The molecular formula is C47H29N3O2. The molecule has 1 unspecified atom stereocenters. The van der Waals surface area contributed by atoms with E-state index < -0.39 is 5.41 Å². The minimum Gasteiger partial charge on any atom is -0.456 e. The van der Waals surface area contributed by atoms with E-state index in [4.69, 9.17) is 23.8 Å². The molecule has 0 radical (unpaired) electrons. The van der Waals surface area contributed by atoms with Crippen molar-refractivity contribution in [3.8, 4) is 45.3 Å². The van der Waals surface area contributed by atoms with Crippen molar-refractivity contribution >= 4 is 43.9 Å². The number of hydrogen-bond acceptors (Lipinski definition) is 5. The first-order chi connectivity index (χ1) is 25.6. The molecular weight excluding hydrogens is 639 g/mol. The van der Waals surface area contributed by atoms with Gasteiger partial charge in [0.15, 0.2) is 17.5 Å². The maximum Gasteiger partial charge on any atom is 0.164 e. The third kappa shape index (κ3) is 4.14. The van der Waals surface area contributed by atoms with Gasteiger partial charge in [-0.15, -0.1) is 0 Å². The lowest BCUT2D eigenvalue weighted by Gasteiger charge is -2.30. The lowest BCUT2D eigenvalue weighted by molar-refractivity contribution is 0.668. The molecule has 244 valence electrons. The smallest absolute Gasteiger partial charge is 0.164 e. The van der Waals surface area contributed by atoms with E-state index in [2.05, 4.69) is 104 Å². The Labute approximate surface area is 298 Å². The van der Waals surface area contributed by atoms with Crippen molar-refractivity contribution in [2.24, 2.45) is 0 Å². The van der Waals surface area contributed by atoms with Gasteiger partial charge in [0.1, 0.15) is 22.3 Å². The largest absolute Gasteiger partial charge is 0.456 e. The van der Waals surface area contributed by atoms with E-state index in [9.17, 15) is 0 Å². The predicted molar refractivity (Wildman–Crippen MR) is 208 cm³/mol. The van der Waals surface area contributed by atoms with Crippen LogP contribution in [-0.4, -0.2) is 15.0 Å². The molecule has 7 aromatic carbocycles. The van der Waals surface area contributed by atoms with Gasteiger partial charge in [0.05, 0.1) is 0 Å². The van der Waals surface area contributed by atoms with Crippen LogP contribution in [0.15, 0.2) is 167 Å². The number of hydrogen-bond donors (Lipinski definition) is 0. The summed E-state index contributed by atoms with van der Waals surface area (Å²) in [5.74, 6) is 1.85. The zero-order valence-corrected chi connectivity index (χ0v) is 28.2. The summed E-state index contributed by atoms with van der Waals surface area (Å²) in [5.41, 5.74) is 11.6. The van der Waals surface area contributed by atoms with E-state index in [0.717, 1.165) is 71.7 Å². The molecule has 5 nitrogen and oxygen atoms in total. The molecule has 3 heterocycles. The first-order valence-electron chi connectivity index (χ1n) is 17.5. The molecule has 0 N–H and O–H groups in total. The maximum atomic E-state index is 6.42. The second-order valence-electron chi connectivity index (χ2n) is 13.7. The number of fused-ring (bicyclic) bond motifs is 9. The topological polar surface area (TPSA) is 65.0 Å². The van der Waals surface area contributed by atoms with Gasteiger partial charge in [-0.3, -0.25) is 0 Å². The molecule has 0 bridgehead atoms. The highest BCUT2D eigenvalue weighted by Gasteiger charge is 2.43. The van der Waals surface area contributed by atoms with Crippen LogP contribution >= 0.6 is 0 Å². The van der Waals surface area contributed by atoms with Crippen LogP contribution in [0, 0.1) is 0 Å². The second kappa shape index (κ2) is 10.8. The van der Waals surface area contributed by atoms with Crippen molar-refractivity contribution in [1.29, 1.82) is 0 Å². The van der Waals surface area contributed by atoms with Crippen LogP contribution in [0.1, 0.15) is 23.6 Å². The zero-order valence-electron chi connectivity index (χ0n) is 28.2. The predicted octanol–water partition coefficient (Wildman–Crippen LogP) is 12.0. The summed E-state index contributed by atoms with van der Waals surface area (Å²) in [6.45, 7) is 2.34. The number of nitrogens with zero attached hydrogens (tertiary/aromatic N) is 3. The van der Waals surface area contributed by atoms with E-state index in [0.29, 0.717) is 17.5 Å². The normalized spacial score (nSPS) is 15.1. The Kier molecular flexibility index (Phi) is 6.02. The van der Waals surface area contributed by atoms with Crippen LogP contribution in [0.5, 0.6) is 0 Å². The summed E-state index contributed by atoms with van der Waals surface area (Å²) >= 11 is 0. The molecule has 0 amide bonds. The van der Waals surface area contributed by atoms with Crippen molar-refractivity contribution in [2.45, 2.75) is 12.3 Å². The van der Waals surface area contributed by atoms with E-state index in [1.54, 1.807) is 0 Å². The van der Waals surface area contributed by atoms with Crippen molar-refractivity contribution in [2.75, 3.05) is 0 Å². The molecule has 1 atom stereocenters. The summed E-state index contributed by atoms with van der Waals surface area (Å²) in [5, 5.41) is 4.32. The van der Waals surface area contributed by atoms with Crippen molar-refractivity contribution in [1.82, 2.24) is 15.0 Å². The van der Waals surface area contributed by atoms with Crippen molar-refractivity contribution < 1.29 is 8.83 Å². The zero-order chi connectivity index (χ0) is 34.4. The van der Waals surface area contributed by atoms with Crippen LogP contribution in [-0.2, 0) is 5.41 Å². The van der Waals surface area contributed by atoms with Gasteiger partial charge in [0.25, 0.3) is 0 Å². The highest BCUT2D eigenvalue weighted by atomic mass is 16.3. The first kappa shape index (κ1) is 28.9. The Morgan fingerprint density at radius 3 is 1.73 bits per heavy atom. The van der Waals surface area contributed by atoms with E-state index in [1.165, 1.54) is 16.7 Å². The van der Waals surface area contributed by atoms with Gasteiger partial charge < -0.3 is 8.83 Å². The monoisotopic (exact) mass is 667 g/mol. The first-order valence-corrected chi connectivity index (χ1v) is 17.5. The minimum absolute atomic E-state index is 0.511. The van der Waals surface area contributed by atoms with Crippen molar-refractivity contribution in [3.05, 3.63) is 174 Å². The maximum absolute atomic E-state index is 6.42. The third-order valence-corrected chi connectivity index (χ3v) is 10.8. The Hall–Kier alpha value is -6.85. The van der Waals surface area contributed by atoms with Gasteiger partial charge in [-0.25, -0.2) is 15.0 Å². The Balaban J connectivity index is 1.18. The lowest BCUT2D eigenvalue weighted by atomic mass is 9.72. The minimum atomic E-state index is -0.511. The molecule has 0 saturated carbocycles. The van der Waals surface area contributed by atoms with Gasteiger partial charge in [0.2, 0.25) is 0 Å². The number of benzene rings is 7. The van der Waals surface area contributed by atoms with E-state index >= 15 is 0 Å². The summed E-state index contributed by atoms with van der Waals surface area (Å²) in [7, 11) is 0. The molecule has 10 aromatic rings. The number of para-hydroxylation sites is 2. The lowest BCUT2D eigenvalue weighted by Crippen LogP contribution is -2.23. The SMILES string of the molecule is CC1(c2ccccc2)c2cc3c(cc2-c2cccc(-c4nc(-c5ccccc5)nc(-c5ccc6oc7ccccc7c6c5)n4)c21)oc1ccccc13. The van der Waals surface area contributed by atoms with Crippen LogP contribution in [0.4, 0.5) is 0 Å². The Bertz CT molecular complexity index is 3030. The van der Waals surface area contributed by atoms with Gasteiger partial charge in [-0.2, -0.15) is 0 Å². The number of aromatic nitrogens is 3. The molecule has 0 spiro atoms. The van der Waals surface area contributed by atoms with E-state index in [-0.39, 0.29) is 0 Å². The van der Waals surface area contributed by atoms with Crippen LogP contribution < -0.4 is 0 Å². The fraction of sp³-hybridized carbons (Fsp3) is 0.0426. The standard InChI is InChI=1S/C47H29N3O2/c1-47(30-15-6-3-7-16-30)38-26-37-32-18-9-11-22-40(32)52-42(37)27-35(38)33-19-12-20-34(43(33)47)46-49-44(28-13-4-2-5-14-28)48-45(50-46)29-23-24-41-36(25-29)31-17-8-10-21-39(31)51-41/h2-27H,1H3. The van der Waals surface area contributed by atoms with Crippen molar-refractivity contribution in [3.63, 3.8) is 0 Å². The Morgan fingerprint density at radius 1 is 0.404 bits per heavy atom. The average Bonchev–Trinajstić information content (AvgIpc) is 3.85. The average molecular weight is 668 g/mol. The fourth-order valence-electron chi connectivity index (χ4n) is 8.32. The summed E-state index contributed by atoms with van der Waals surface area (Å²) in [4.78, 5) is 15.6. The summed E-state index contributed by atoms with van der Waals surface area (Å²) < 4.78 is 12.6. The van der Waals surface area contributed by atoms with E-state index in [1.807, 2.05) is 60.7 Å². The van der Waals surface area contributed by atoms with Gasteiger partial charge >= 0.3 is 0 Å². The molecule has 1 aliphatic carbocycles. The molecule has 3 aromatic heterocycles. The molecule has 5 heteroatoms. The quantitative estimate of drug-likeness (QED) is 0.187. The van der Waals surface area contributed by atoms with Gasteiger partial charge in [-0.1, -0.05) is 115 Å². The number of rotatable bonds is 4. The third-order valence-electron chi connectivity index (χ3n) is 10.8. The molecule has 52 heavy (non-hydrogen) atoms. The van der Waals surface area contributed by atoms with Gasteiger partial charge in [0, 0.05) is 43.7 Å². The second-order valence-corrected chi connectivity index (χ2v) is 13.7. The molecule has 1 aliphatic rings. The van der Waals surface area contributed by atoms with Crippen LogP contribution in [0.25, 0.3) is 89.2 Å². The summed E-state index contributed by atoms with van der Waals surface area (Å²) in [6, 6.07) is 54.6. The molecule has 0 saturated heterocycles. The van der Waals surface area contributed by atoms with Crippen LogP contribution in [0.3, 0.4) is 0 Å². The fourth-order valence-corrected chi connectivity index (χ4v) is 8.32. The molecule has 0 aliphatic heterocycles. The highest BCUT2D eigenvalue weighted by molar-refractivity contribution is 6.08. The Morgan fingerprint density at radius 2 is 0.981 bits per heavy atom. The number of furan rings is 2. The van der Waals surface area contributed by atoms with Gasteiger partial charge in [-0.05, 0) is 77.2 Å². The molecule has 0 fully saturated rings. The highest BCUT2D eigenvalue weighted by Crippen LogP contribution is 2.56. The summed E-state index contributed by atoms with van der Waals surface area (Å²) in [6.07, 6.45) is 0. The van der Waals surface area contributed by atoms with Crippen LogP contribution in [0.2, 0.25) is 0 Å². The molecule has 11 rings (SSSR count).